The highest BCUT2D eigenvalue weighted by Crippen LogP contribution is 2.31. The minimum Gasteiger partial charge on any atom is -0.494 e. The summed E-state index contributed by atoms with van der Waals surface area (Å²) in [6, 6.07) is 13.5. The number of nitrogens with one attached hydrogen (secondary N) is 1. The lowest BCUT2D eigenvalue weighted by Crippen LogP contribution is -2.05. The third-order valence-corrected chi connectivity index (χ3v) is 5.02. The Bertz CT molecular complexity index is 1050. The number of fused-ring (bicyclic) bond motifs is 1. The van der Waals surface area contributed by atoms with E-state index >= 15 is 0 Å². The molecule has 0 aliphatic rings. The molecule has 0 bridgehead atoms. The Morgan fingerprint density at radius 2 is 1.85 bits per heavy atom. The van der Waals surface area contributed by atoms with Gasteiger partial charge in [-0.3, -0.25) is 4.98 Å². The summed E-state index contributed by atoms with van der Waals surface area (Å²) in [5, 5.41) is 4.47. The molecule has 1 aromatic heterocycles. The second kappa shape index (κ2) is 7.33. The first-order valence-corrected chi connectivity index (χ1v) is 10.3. The normalized spacial score (nSPS) is 11.5. The van der Waals surface area contributed by atoms with Gasteiger partial charge < -0.3 is 10.1 Å². The maximum Gasteiger partial charge on any atom is 0.151 e. The standard InChI is InChI=1S/C20H22N2O3S/c1-14-11-21-20-17(8-5-9-18(20)25-2)19(14)22-12-15-6-4-7-16(10-15)13-26(3,23)24/h4-11H,12-13H2,1-3H3,(H,21,22). The zero-order valence-electron chi connectivity index (χ0n) is 15.1. The minimum absolute atomic E-state index is 0.0508. The maximum atomic E-state index is 11.5. The number of ether oxygens (including phenoxy) is 1. The molecule has 1 heterocycles. The van der Waals surface area contributed by atoms with E-state index in [0.29, 0.717) is 6.54 Å². The third kappa shape index (κ3) is 4.14. The van der Waals surface area contributed by atoms with Crippen molar-refractivity contribution in [3.05, 3.63) is 65.4 Å². The topological polar surface area (TPSA) is 68.3 Å². The molecule has 5 nitrogen and oxygen atoms in total. The highest BCUT2D eigenvalue weighted by Gasteiger charge is 2.10. The first-order valence-electron chi connectivity index (χ1n) is 8.29. The van der Waals surface area contributed by atoms with Crippen molar-refractivity contribution in [3.63, 3.8) is 0 Å². The van der Waals surface area contributed by atoms with Gasteiger partial charge in [-0.05, 0) is 29.7 Å². The number of anilines is 1. The summed E-state index contributed by atoms with van der Waals surface area (Å²) < 4.78 is 28.4. The van der Waals surface area contributed by atoms with Crippen molar-refractivity contribution in [1.29, 1.82) is 0 Å². The first kappa shape index (κ1) is 18.2. The number of methoxy groups -OCH3 is 1. The van der Waals surface area contributed by atoms with E-state index in [0.717, 1.165) is 39.0 Å². The van der Waals surface area contributed by atoms with E-state index in [4.69, 9.17) is 4.74 Å². The molecule has 0 radical (unpaired) electrons. The molecule has 0 saturated heterocycles. The zero-order chi connectivity index (χ0) is 18.7. The van der Waals surface area contributed by atoms with Crippen molar-refractivity contribution in [1.82, 2.24) is 4.98 Å². The lowest BCUT2D eigenvalue weighted by Gasteiger charge is -2.14. The number of nitrogens with zero attached hydrogens (tertiary/aromatic N) is 1. The van der Waals surface area contributed by atoms with Gasteiger partial charge in [0.2, 0.25) is 0 Å². The molecule has 1 N–H and O–H groups in total. The molecule has 0 atom stereocenters. The minimum atomic E-state index is -3.05. The summed E-state index contributed by atoms with van der Waals surface area (Å²) in [5.74, 6) is 0.788. The van der Waals surface area contributed by atoms with E-state index in [1.54, 1.807) is 7.11 Å². The van der Waals surface area contributed by atoms with Crippen LogP contribution in [-0.2, 0) is 22.1 Å². The van der Waals surface area contributed by atoms with E-state index in [9.17, 15) is 8.42 Å². The fourth-order valence-electron chi connectivity index (χ4n) is 3.02. The zero-order valence-corrected chi connectivity index (χ0v) is 15.9. The van der Waals surface area contributed by atoms with E-state index in [2.05, 4.69) is 10.3 Å². The van der Waals surface area contributed by atoms with E-state index in [1.807, 2.05) is 55.6 Å². The molecule has 2 aromatic carbocycles. The van der Waals surface area contributed by atoms with Gasteiger partial charge in [-0.2, -0.15) is 0 Å². The number of sulfone groups is 1. The molecule has 3 rings (SSSR count). The van der Waals surface area contributed by atoms with Crippen LogP contribution in [0.3, 0.4) is 0 Å². The van der Waals surface area contributed by atoms with Crippen LogP contribution in [-0.4, -0.2) is 26.8 Å². The van der Waals surface area contributed by atoms with Gasteiger partial charge in [0.1, 0.15) is 11.3 Å². The summed E-state index contributed by atoms with van der Waals surface area (Å²) in [6.07, 6.45) is 3.07. The predicted octanol–water partition coefficient (Wildman–Crippen LogP) is 3.71. The molecule has 26 heavy (non-hydrogen) atoms. The number of pyridine rings is 1. The fourth-order valence-corrected chi connectivity index (χ4v) is 3.80. The molecule has 0 aliphatic heterocycles. The number of benzene rings is 2. The van der Waals surface area contributed by atoms with Crippen LogP contribution in [0.1, 0.15) is 16.7 Å². The van der Waals surface area contributed by atoms with Crippen LogP contribution in [0, 0.1) is 6.92 Å². The maximum absolute atomic E-state index is 11.5. The van der Waals surface area contributed by atoms with Gasteiger partial charge in [0.25, 0.3) is 0 Å². The largest absolute Gasteiger partial charge is 0.494 e. The number of para-hydroxylation sites is 1. The van der Waals surface area contributed by atoms with Crippen LogP contribution < -0.4 is 10.1 Å². The summed E-state index contributed by atoms with van der Waals surface area (Å²) in [5.41, 5.74) is 4.68. The van der Waals surface area contributed by atoms with Gasteiger partial charge in [0, 0.05) is 30.1 Å². The Kier molecular flexibility index (Phi) is 5.13. The highest BCUT2D eigenvalue weighted by molar-refractivity contribution is 7.89. The van der Waals surface area contributed by atoms with Crippen molar-refractivity contribution in [2.45, 2.75) is 19.2 Å². The van der Waals surface area contributed by atoms with Crippen LogP contribution in [0.2, 0.25) is 0 Å². The Labute approximate surface area is 154 Å². The second-order valence-corrected chi connectivity index (χ2v) is 8.56. The van der Waals surface area contributed by atoms with Gasteiger partial charge in [-0.15, -0.1) is 0 Å². The van der Waals surface area contributed by atoms with E-state index < -0.39 is 9.84 Å². The molecular formula is C20H22N2O3S. The SMILES string of the molecule is COc1cccc2c(NCc3cccc(CS(C)(=O)=O)c3)c(C)cnc12. The second-order valence-electron chi connectivity index (χ2n) is 6.42. The Hall–Kier alpha value is -2.60. The van der Waals surface area contributed by atoms with Crippen LogP contribution in [0.5, 0.6) is 5.75 Å². The number of rotatable bonds is 6. The van der Waals surface area contributed by atoms with Crippen molar-refractivity contribution in [2.24, 2.45) is 0 Å². The third-order valence-electron chi connectivity index (χ3n) is 4.16. The number of hydrogen-bond donors (Lipinski definition) is 1. The molecule has 6 heteroatoms. The molecule has 0 aliphatic carbocycles. The lowest BCUT2D eigenvalue weighted by atomic mass is 10.1. The number of aromatic nitrogens is 1. The Balaban J connectivity index is 1.89. The smallest absolute Gasteiger partial charge is 0.151 e. The Morgan fingerprint density at radius 1 is 1.12 bits per heavy atom. The molecule has 0 fully saturated rings. The van der Waals surface area contributed by atoms with E-state index in [-0.39, 0.29) is 5.75 Å². The molecule has 0 amide bonds. The molecule has 3 aromatic rings. The van der Waals surface area contributed by atoms with Gasteiger partial charge >= 0.3 is 0 Å². The first-order chi connectivity index (χ1) is 12.4. The van der Waals surface area contributed by atoms with Crippen LogP contribution in [0.4, 0.5) is 5.69 Å². The van der Waals surface area contributed by atoms with Gasteiger partial charge in [0.05, 0.1) is 12.9 Å². The van der Waals surface area contributed by atoms with Gasteiger partial charge in [-0.25, -0.2) is 8.42 Å². The highest BCUT2D eigenvalue weighted by atomic mass is 32.2. The summed E-state index contributed by atoms with van der Waals surface area (Å²) in [7, 11) is -1.41. The monoisotopic (exact) mass is 370 g/mol. The number of hydrogen-bond acceptors (Lipinski definition) is 5. The molecular weight excluding hydrogens is 348 g/mol. The van der Waals surface area contributed by atoms with Crippen molar-refractivity contribution in [2.75, 3.05) is 18.7 Å². The fraction of sp³-hybridized carbons (Fsp3) is 0.250. The quantitative estimate of drug-likeness (QED) is 0.716. The summed E-state index contributed by atoms with van der Waals surface area (Å²) in [4.78, 5) is 4.49. The summed E-state index contributed by atoms with van der Waals surface area (Å²) in [6.45, 7) is 2.60. The van der Waals surface area contributed by atoms with Crippen LogP contribution in [0.25, 0.3) is 10.9 Å². The summed E-state index contributed by atoms with van der Waals surface area (Å²) >= 11 is 0. The van der Waals surface area contributed by atoms with E-state index in [1.165, 1.54) is 6.26 Å². The van der Waals surface area contributed by atoms with Crippen molar-refractivity contribution in [3.8, 4) is 5.75 Å². The number of aryl methyl sites for hydroxylation is 1. The lowest BCUT2D eigenvalue weighted by molar-refractivity contribution is 0.419. The van der Waals surface area contributed by atoms with Crippen LogP contribution >= 0.6 is 0 Å². The van der Waals surface area contributed by atoms with Crippen molar-refractivity contribution < 1.29 is 13.2 Å². The van der Waals surface area contributed by atoms with Crippen molar-refractivity contribution >= 4 is 26.4 Å². The predicted molar refractivity (Wildman–Crippen MR) is 105 cm³/mol. The Morgan fingerprint density at radius 3 is 2.58 bits per heavy atom. The average Bonchev–Trinajstić information content (AvgIpc) is 2.59. The van der Waals surface area contributed by atoms with Crippen LogP contribution in [0.15, 0.2) is 48.7 Å². The molecule has 0 unspecified atom stereocenters. The molecule has 136 valence electrons. The van der Waals surface area contributed by atoms with Gasteiger partial charge in [0.15, 0.2) is 9.84 Å². The molecule has 0 spiro atoms. The average molecular weight is 370 g/mol. The molecule has 0 saturated carbocycles. The van der Waals surface area contributed by atoms with Gasteiger partial charge in [-0.1, -0.05) is 36.4 Å².